The van der Waals surface area contributed by atoms with E-state index in [2.05, 4.69) is 10.3 Å². The lowest BCUT2D eigenvalue weighted by Crippen LogP contribution is -2.40. The highest BCUT2D eigenvalue weighted by atomic mass is 32.1. The van der Waals surface area contributed by atoms with Gasteiger partial charge in [-0.1, -0.05) is 12.8 Å². The molecule has 2 N–H and O–H groups in total. The van der Waals surface area contributed by atoms with Crippen LogP contribution < -0.4 is 5.32 Å². The number of ether oxygens (including phenoxy) is 1. The van der Waals surface area contributed by atoms with Crippen LogP contribution in [0.3, 0.4) is 0 Å². The first kappa shape index (κ1) is 14.5. The van der Waals surface area contributed by atoms with Gasteiger partial charge in [-0.05, 0) is 25.2 Å². The van der Waals surface area contributed by atoms with Crippen molar-refractivity contribution in [2.45, 2.75) is 44.2 Å². The predicted octanol–water partition coefficient (Wildman–Crippen LogP) is 1.98. The Morgan fingerprint density at radius 3 is 2.90 bits per heavy atom. The largest absolute Gasteiger partial charge is 0.480 e. The summed E-state index contributed by atoms with van der Waals surface area (Å²) in [4.78, 5) is 28.0. The van der Waals surface area contributed by atoms with Crippen LogP contribution in [0.2, 0.25) is 0 Å². The minimum atomic E-state index is -0.973. The molecule has 1 aliphatic heterocycles. The summed E-state index contributed by atoms with van der Waals surface area (Å²) in [7, 11) is 0. The fourth-order valence-electron chi connectivity index (χ4n) is 2.45. The first-order valence-corrected chi connectivity index (χ1v) is 8.06. The molecule has 1 aromatic rings. The lowest BCUT2D eigenvalue weighted by atomic mass is 10.1. The molecule has 0 radical (unpaired) electrons. The Morgan fingerprint density at radius 2 is 2.29 bits per heavy atom. The first-order chi connectivity index (χ1) is 10.1. The number of thiazole rings is 1. The Balaban J connectivity index is 1.62. The van der Waals surface area contributed by atoms with Gasteiger partial charge in [0, 0.05) is 6.61 Å². The number of amides is 1. The van der Waals surface area contributed by atoms with Gasteiger partial charge in [0.15, 0.2) is 0 Å². The number of aromatic nitrogens is 1. The number of hydrogen-bond donors (Lipinski definition) is 2. The average Bonchev–Trinajstić information content (AvgIpc) is 2.97. The van der Waals surface area contributed by atoms with Crippen molar-refractivity contribution in [2.24, 2.45) is 5.92 Å². The fraction of sp³-hybridized carbons (Fsp3) is 0.643. The van der Waals surface area contributed by atoms with Crippen LogP contribution in [0.5, 0.6) is 0 Å². The number of carbonyl (C=O) groups excluding carboxylic acids is 1. The Labute approximate surface area is 126 Å². The van der Waals surface area contributed by atoms with Crippen molar-refractivity contribution in [1.29, 1.82) is 0 Å². The molecule has 1 aliphatic carbocycles. The molecular formula is C14H18N2O4S. The molecule has 2 fully saturated rings. The normalized spacial score (nSPS) is 23.0. The van der Waals surface area contributed by atoms with Crippen molar-refractivity contribution < 1.29 is 19.4 Å². The maximum atomic E-state index is 12.1. The zero-order valence-corrected chi connectivity index (χ0v) is 12.4. The molecule has 7 heteroatoms. The molecule has 1 aromatic heterocycles. The zero-order valence-electron chi connectivity index (χ0n) is 11.6. The summed E-state index contributed by atoms with van der Waals surface area (Å²) >= 11 is 1.29. The van der Waals surface area contributed by atoms with Gasteiger partial charge in [-0.2, -0.15) is 0 Å². The molecule has 2 atom stereocenters. The predicted molar refractivity (Wildman–Crippen MR) is 76.3 cm³/mol. The monoisotopic (exact) mass is 310 g/mol. The summed E-state index contributed by atoms with van der Waals surface area (Å²) in [5, 5.41) is 12.6. The Bertz CT molecular complexity index is 535. The number of hydrogen-bond acceptors (Lipinski definition) is 5. The lowest BCUT2D eigenvalue weighted by Gasteiger charge is -2.13. The van der Waals surface area contributed by atoms with Crippen molar-refractivity contribution in [2.75, 3.05) is 6.61 Å². The van der Waals surface area contributed by atoms with Crippen molar-refractivity contribution >= 4 is 23.2 Å². The van der Waals surface area contributed by atoms with E-state index in [1.54, 1.807) is 0 Å². The molecule has 2 heterocycles. The van der Waals surface area contributed by atoms with E-state index < -0.39 is 12.0 Å². The van der Waals surface area contributed by atoms with Crippen molar-refractivity contribution in [3.8, 4) is 0 Å². The van der Waals surface area contributed by atoms with Crippen LogP contribution in [0.25, 0.3) is 0 Å². The first-order valence-electron chi connectivity index (χ1n) is 7.24. The molecule has 0 bridgehead atoms. The fourth-order valence-corrected chi connectivity index (χ4v) is 3.36. The molecule has 0 spiro atoms. The number of rotatable bonds is 6. The highest BCUT2D eigenvalue weighted by Crippen LogP contribution is 2.34. The van der Waals surface area contributed by atoms with Gasteiger partial charge in [0.2, 0.25) is 0 Å². The number of aliphatic carboxylic acids is 1. The number of carboxylic acids is 1. The summed E-state index contributed by atoms with van der Waals surface area (Å²) in [5.41, 5.74) is 0. The van der Waals surface area contributed by atoms with Crippen LogP contribution >= 0.6 is 11.3 Å². The minimum Gasteiger partial charge on any atom is -0.480 e. The van der Waals surface area contributed by atoms with Crippen molar-refractivity contribution in [3.63, 3.8) is 0 Å². The second-order valence-electron chi connectivity index (χ2n) is 5.61. The molecule has 3 rings (SSSR count). The third-order valence-electron chi connectivity index (χ3n) is 3.82. The third kappa shape index (κ3) is 3.59. The summed E-state index contributed by atoms with van der Waals surface area (Å²) in [6, 6.07) is -0.807. The van der Waals surface area contributed by atoms with Crippen LogP contribution in [0.15, 0.2) is 6.20 Å². The highest BCUT2D eigenvalue weighted by Gasteiger charge is 2.31. The van der Waals surface area contributed by atoms with Gasteiger partial charge < -0.3 is 15.2 Å². The maximum absolute atomic E-state index is 12.1. The lowest BCUT2D eigenvalue weighted by molar-refractivity contribution is -0.139. The summed E-state index contributed by atoms with van der Waals surface area (Å²) in [6.45, 7) is 0.730. The van der Waals surface area contributed by atoms with E-state index in [1.807, 2.05) is 0 Å². The molecule has 1 amide bonds. The van der Waals surface area contributed by atoms with Gasteiger partial charge in [-0.15, -0.1) is 11.3 Å². The number of nitrogens with zero attached hydrogens (tertiary/aromatic N) is 1. The summed E-state index contributed by atoms with van der Waals surface area (Å²) < 4.78 is 5.53. The van der Waals surface area contributed by atoms with E-state index in [4.69, 9.17) is 4.74 Å². The van der Waals surface area contributed by atoms with Gasteiger partial charge in [0.05, 0.1) is 6.20 Å². The Hall–Kier alpha value is -1.47. The average molecular weight is 310 g/mol. The van der Waals surface area contributed by atoms with E-state index in [0.29, 0.717) is 17.2 Å². The molecule has 114 valence electrons. The van der Waals surface area contributed by atoms with Crippen LogP contribution in [0.1, 0.15) is 52.9 Å². The van der Waals surface area contributed by atoms with Crippen LogP contribution in [0.4, 0.5) is 0 Å². The Kier molecular flexibility index (Phi) is 4.21. The number of carbonyl (C=O) groups is 2. The van der Waals surface area contributed by atoms with Gasteiger partial charge in [-0.3, -0.25) is 4.79 Å². The molecule has 2 unspecified atom stereocenters. The smallest absolute Gasteiger partial charge is 0.326 e. The van der Waals surface area contributed by atoms with Crippen molar-refractivity contribution in [3.05, 3.63) is 16.1 Å². The number of nitrogens with one attached hydrogen (secondary N) is 1. The van der Waals surface area contributed by atoms with E-state index in [9.17, 15) is 14.7 Å². The molecule has 21 heavy (non-hydrogen) atoms. The van der Waals surface area contributed by atoms with E-state index in [0.717, 1.165) is 37.3 Å². The summed E-state index contributed by atoms with van der Waals surface area (Å²) in [5.74, 6) is -0.890. The van der Waals surface area contributed by atoms with E-state index >= 15 is 0 Å². The van der Waals surface area contributed by atoms with Crippen LogP contribution in [-0.4, -0.2) is 34.6 Å². The Morgan fingerprint density at radius 1 is 1.48 bits per heavy atom. The quantitative estimate of drug-likeness (QED) is 0.838. The van der Waals surface area contributed by atoms with Crippen LogP contribution in [0, 0.1) is 5.92 Å². The topological polar surface area (TPSA) is 88.5 Å². The van der Waals surface area contributed by atoms with Crippen molar-refractivity contribution in [1.82, 2.24) is 10.3 Å². The molecule has 1 saturated heterocycles. The standard InChI is InChI=1S/C14H18N2O4S/c17-12(16-9(14(18)19)6-8-3-4-8)11-7-15-13(21-11)10-2-1-5-20-10/h7-10H,1-6H2,(H,16,17)(H,18,19). The summed E-state index contributed by atoms with van der Waals surface area (Å²) in [6.07, 6.45) is 6.05. The second-order valence-corrected chi connectivity index (χ2v) is 6.67. The van der Waals surface area contributed by atoms with Gasteiger partial charge in [0.25, 0.3) is 5.91 Å². The maximum Gasteiger partial charge on any atom is 0.326 e. The van der Waals surface area contributed by atoms with Gasteiger partial charge in [0.1, 0.15) is 22.0 Å². The second kappa shape index (κ2) is 6.11. The number of carboxylic acid groups (broad SMARTS) is 1. The molecule has 0 aromatic carbocycles. The zero-order chi connectivity index (χ0) is 14.8. The van der Waals surface area contributed by atoms with E-state index in [-0.39, 0.29) is 12.0 Å². The van der Waals surface area contributed by atoms with Crippen LogP contribution in [-0.2, 0) is 9.53 Å². The molecule has 1 saturated carbocycles. The van der Waals surface area contributed by atoms with E-state index in [1.165, 1.54) is 17.5 Å². The van der Waals surface area contributed by atoms with Gasteiger partial charge >= 0.3 is 5.97 Å². The molecule has 2 aliphatic rings. The minimum absolute atomic E-state index is 0.0155. The third-order valence-corrected chi connectivity index (χ3v) is 4.91. The van der Waals surface area contributed by atoms with Gasteiger partial charge in [-0.25, -0.2) is 9.78 Å². The molecular weight excluding hydrogens is 292 g/mol. The highest BCUT2D eigenvalue weighted by molar-refractivity contribution is 7.13. The molecule has 6 nitrogen and oxygen atoms in total. The SMILES string of the molecule is O=C(NC(CC1CC1)C(=O)O)c1cnc(C2CCCO2)s1.